The van der Waals surface area contributed by atoms with Crippen LogP contribution in [0.1, 0.15) is 26.3 Å². The summed E-state index contributed by atoms with van der Waals surface area (Å²) in [5, 5.41) is 14.6. The summed E-state index contributed by atoms with van der Waals surface area (Å²) >= 11 is 12.1. The Kier molecular flexibility index (Phi) is 4.70. The van der Waals surface area contributed by atoms with Crippen LogP contribution in [-0.2, 0) is 0 Å². The van der Waals surface area contributed by atoms with Gasteiger partial charge in [0.1, 0.15) is 0 Å². The molecule has 0 saturated carbocycles. The van der Waals surface area contributed by atoms with E-state index in [0.717, 1.165) is 11.3 Å². The van der Waals surface area contributed by atoms with Crippen LogP contribution >= 0.6 is 23.2 Å². The maximum atomic E-state index is 10.1. The van der Waals surface area contributed by atoms with Crippen molar-refractivity contribution in [1.29, 1.82) is 0 Å². The van der Waals surface area contributed by atoms with Crippen molar-refractivity contribution in [3.8, 4) is 0 Å². The summed E-state index contributed by atoms with van der Waals surface area (Å²) in [5.41, 5.74) is 0.918. The van der Waals surface area contributed by atoms with Crippen LogP contribution in [0, 0.1) is 12.8 Å². The summed E-state index contributed by atoms with van der Waals surface area (Å²) in [6, 6.07) is 3.60. The standard InChI is InChI=1S/C13H19Cl2NO/c1-8(2)13(4,17)7-16-12-6-10(14)9(3)5-11(12)15/h5-6,8,16-17H,7H2,1-4H3. The summed E-state index contributed by atoms with van der Waals surface area (Å²) < 4.78 is 0. The third kappa shape index (κ3) is 3.77. The molecular weight excluding hydrogens is 257 g/mol. The zero-order valence-corrected chi connectivity index (χ0v) is 12.2. The molecule has 0 aliphatic heterocycles. The summed E-state index contributed by atoms with van der Waals surface area (Å²) in [6.45, 7) is 8.09. The number of hydrogen-bond acceptors (Lipinski definition) is 2. The average molecular weight is 276 g/mol. The van der Waals surface area contributed by atoms with Gasteiger partial charge in [-0.25, -0.2) is 0 Å². The molecule has 1 aromatic carbocycles. The molecule has 17 heavy (non-hydrogen) atoms. The highest BCUT2D eigenvalue weighted by molar-refractivity contribution is 6.35. The van der Waals surface area contributed by atoms with Crippen molar-refractivity contribution in [2.75, 3.05) is 11.9 Å². The molecule has 0 saturated heterocycles. The molecule has 1 atom stereocenters. The van der Waals surface area contributed by atoms with Crippen LogP contribution in [0.15, 0.2) is 12.1 Å². The second kappa shape index (κ2) is 5.47. The minimum absolute atomic E-state index is 0.162. The lowest BCUT2D eigenvalue weighted by atomic mass is 9.92. The maximum absolute atomic E-state index is 10.1. The van der Waals surface area contributed by atoms with E-state index in [-0.39, 0.29) is 5.92 Å². The van der Waals surface area contributed by atoms with Gasteiger partial charge in [0.15, 0.2) is 0 Å². The molecule has 0 fully saturated rings. The second-order valence-corrected chi connectivity index (χ2v) is 5.76. The second-order valence-electron chi connectivity index (χ2n) is 4.95. The lowest BCUT2D eigenvalue weighted by Crippen LogP contribution is -2.38. The quantitative estimate of drug-likeness (QED) is 0.867. The number of hydrogen-bond donors (Lipinski definition) is 2. The van der Waals surface area contributed by atoms with Gasteiger partial charge in [-0.3, -0.25) is 0 Å². The zero-order valence-electron chi connectivity index (χ0n) is 10.6. The van der Waals surface area contributed by atoms with Gasteiger partial charge < -0.3 is 10.4 Å². The van der Waals surface area contributed by atoms with E-state index in [4.69, 9.17) is 23.2 Å². The SMILES string of the molecule is Cc1cc(Cl)c(NCC(C)(O)C(C)C)cc1Cl. The normalized spacial score (nSPS) is 14.8. The van der Waals surface area contributed by atoms with Gasteiger partial charge in [0.2, 0.25) is 0 Å². The van der Waals surface area contributed by atoms with Gasteiger partial charge in [-0.15, -0.1) is 0 Å². The molecule has 0 amide bonds. The highest BCUT2D eigenvalue weighted by Gasteiger charge is 2.24. The van der Waals surface area contributed by atoms with Crippen molar-refractivity contribution in [2.24, 2.45) is 5.92 Å². The van der Waals surface area contributed by atoms with Gasteiger partial charge in [0.25, 0.3) is 0 Å². The van der Waals surface area contributed by atoms with Crippen LogP contribution in [0.4, 0.5) is 5.69 Å². The predicted octanol–water partition coefficient (Wildman–Crippen LogP) is 4.12. The molecule has 1 rings (SSSR count). The molecule has 0 aliphatic rings. The molecule has 2 N–H and O–H groups in total. The van der Waals surface area contributed by atoms with Crippen molar-refractivity contribution in [3.63, 3.8) is 0 Å². The van der Waals surface area contributed by atoms with Crippen molar-refractivity contribution in [2.45, 2.75) is 33.3 Å². The van der Waals surface area contributed by atoms with E-state index in [1.165, 1.54) is 0 Å². The van der Waals surface area contributed by atoms with Gasteiger partial charge in [0.05, 0.1) is 16.3 Å². The number of nitrogens with one attached hydrogen (secondary N) is 1. The van der Waals surface area contributed by atoms with E-state index in [2.05, 4.69) is 5.32 Å². The molecule has 1 aromatic rings. The fourth-order valence-electron chi connectivity index (χ4n) is 1.26. The van der Waals surface area contributed by atoms with Crippen molar-refractivity contribution < 1.29 is 5.11 Å². The Morgan fingerprint density at radius 2 is 1.88 bits per heavy atom. The topological polar surface area (TPSA) is 32.3 Å². The number of halogens is 2. The molecule has 0 spiro atoms. The number of benzene rings is 1. The van der Waals surface area contributed by atoms with Crippen LogP contribution in [0.5, 0.6) is 0 Å². The zero-order chi connectivity index (χ0) is 13.2. The molecule has 0 radical (unpaired) electrons. The Morgan fingerprint density at radius 1 is 1.29 bits per heavy atom. The number of anilines is 1. The summed E-state index contributed by atoms with van der Waals surface area (Å²) in [6.07, 6.45) is 0. The molecule has 0 bridgehead atoms. The molecule has 0 aliphatic carbocycles. The van der Waals surface area contributed by atoms with Crippen LogP contribution in [0.3, 0.4) is 0 Å². The Morgan fingerprint density at radius 3 is 2.41 bits per heavy atom. The minimum Gasteiger partial charge on any atom is -0.388 e. The van der Waals surface area contributed by atoms with Crippen molar-refractivity contribution >= 4 is 28.9 Å². The van der Waals surface area contributed by atoms with E-state index >= 15 is 0 Å². The van der Waals surface area contributed by atoms with E-state index in [1.54, 1.807) is 13.0 Å². The fraction of sp³-hybridized carbons (Fsp3) is 0.538. The molecular formula is C13H19Cl2NO. The highest BCUT2D eigenvalue weighted by atomic mass is 35.5. The van der Waals surface area contributed by atoms with E-state index < -0.39 is 5.60 Å². The average Bonchev–Trinajstić information content (AvgIpc) is 2.21. The Balaban J connectivity index is 2.80. The summed E-state index contributed by atoms with van der Waals surface area (Å²) in [4.78, 5) is 0. The Labute approximate surface area is 113 Å². The van der Waals surface area contributed by atoms with Crippen LogP contribution in [-0.4, -0.2) is 17.3 Å². The first kappa shape index (κ1) is 14.6. The Hall–Kier alpha value is -0.440. The minimum atomic E-state index is -0.777. The lowest BCUT2D eigenvalue weighted by molar-refractivity contribution is 0.0266. The van der Waals surface area contributed by atoms with Crippen molar-refractivity contribution in [3.05, 3.63) is 27.7 Å². The maximum Gasteiger partial charge on any atom is 0.0813 e. The first-order chi connectivity index (χ1) is 7.74. The van der Waals surface area contributed by atoms with Gasteiger partial charge in [-0.1, -0.05) is 37.0 Å². The van der Waals surface area contributed by atoms with Gasteiger partial charge in [0, 0.05) is 11.6 Å². The largest absolute Gasteiger partial charge is 0.388 e. The van der Waals surface area contributed by atoms with Gasteiger partial charge in [-0.05, 0) is 37.5 Å². The van der Waals surface area contributed by atoms with E-state index in [9.17, 15) is 5.11 Å². The summed E-state index contributed by atoms with van der Waals surface area (Å²) in [7, 11) is 0. The number of aryl methyl sites for hydroxylation is 1. The third-order valence-corrected chi connectivity index (χ3v) is 3.85. The van der Waals surface area contributed by atoms with E-state index in [0.29, 0.717) is 16.6 Å². The van der Waals surface area contributed by atoms with Gasteiger partial charge in [-0.2, -0.15) is 0 Å². The molecule has 96 valence electrons. The summed E-state index contributed by atoms with van der Waals surface area (Å²) in [5.74, 6) is 0.162. The van der Waals surface area contributed by atoms with Crippen LogP contribution in [0.25, 0.3) is 0 Å². The van der Waals surface area contributed by atoms with Gasteiger partial charge >= 0.3 is 0 Å². The molecule has 0 aromatic heterocycles. The molecule has 4 heteroatoms. The number of aliphatic hydroxyl groups is 1. The third-order valence-electron chi connectivity index (χ3n) is 3.13. The first-order valence-corrected chi connectivity index (χ1v) is 6.41. The molecule has 1 unspecified atom stereocenters. The van der Waals surface area contributed by atoms with Crippen LogP contribution in [0.2, 0.25) is 10.0 Å². The van der Waals surface area contributed by atoms with E-state index in [1.807, 2.05) is 26.8 Å². The first-order valence-electron chi connectivity index (χ1n) is 5.66. The highest BCUT2D eigenvalue weighted by Crippen LogP contribution is 2.29. The van der Waals surface area contributed by atoms with Crippen molar-refractivity contribution in [1.82, 2.24) is 0 Å². The fourth-order valence-corrected chi connectivity index (χ4v) is 1.71. The predicted molar refractivity (Wildman–Crippen MR) is 75.2 cm³/mol. The molecule has 0 heterocycles. The van der Waals surface area contributed by atoms with Crippen LogP contribution < -0.4 is 5.32 Å². The number of rotatable bonds is 4. The molecule has 2 nitrogen and oxygen atoms in total. The lowest BCUT2D eigenvalue weighted by Gasteiger charge is -2.28. The monoisotopic (exact) mass is 275 g/mol. The smallest absolute Gasteiger partial charge is 0.0813 e. The Bertz CT molecular complexity index is 403.